The summed E-state index contributed by atoms with van der Waals surface area (Å²) in [7, 11) is 0. The van der Waals surface area contributed by atoms with Crippen LogP contribution in [0.2, 0.25) is 0 Å². The van der Waals surface area contributed by atoms with Crippen LogP contribution in [0, 0.1) is 5.92 Å². The van der Waals surface area contributed by atoms with E-state index in [9.17, 15) is 9.50 Å². The van der Waals surface area contributed by atoms with Gasteiger partial charge in [-0.25, -0.2) is 4.39 Å². The molecular formula is C14H19FO. The van der Waals surface area contributed by atoms with Gasteiger partial charge in [0.15, 0.2) is 0 Å². The Kier molecular flexibility index (Phi) is 5.20. The summed E-state index contributed by atoms with van der Waals surface area (Å²) in [5.74, 6) is 0.102. The van der Waals surface area contributed by atoms with Crippen molar-refractivity contribution in [2.24, 2.45) is 5.92 Å². The van der Waals surface area contributed by atoms with E-state index in [1.165, 1.54) is 6.08 Å². The van der Waals surface area contributed by atoms with E-state index in [0.29, 0.717) is 17.9 Å². The molecule has 0 aliphatic rings. The molecular weight excluding hydrogens is 203 g/mol. The Morgan fingerprint density at radius 2 is 1.94 bits per heavy atom. The highest BCUT2D eigenvalue weighted by Gasteiger charge is 2.11. The molecule has 1 nitrogen and oxygen atoms in total. The highest BCUT2D eigenvalue weighted by Crippen LogP contribution is 2.23. The minimum Gasteiger partial charge on any atom is -0.381 e. The SMILES string of the molecule is CC(C)CC/C=C(\F)C(O)c1ccccc1. The predicted octanol–water partition coefficient (Wildman–Crippen LogP) is 4.01. The van der Waals surface area contributed by atoms with Gasteiger partial charge < -0.3 is 5.11 Å². The van der Waals surface area contributed by atoms with Crippen molar-refractivity contribution in [3.8, 4) is 0 Å². The van der Waals surface area contributed by atoms with Crippen molar-refractivity contribution in [1.82, 2.24) is 0 Å². The molecule has 1 unspecified atom stereocenters. The van der Waals surface area contributed by atoms with Crippen LogP contribution in [0.5, 0.6) is 0 Å². The molecule has 1 aromatic carbocycles. The lowest BCUT2D eigenvalue weighted by atomic mass is 10.1. The van der Waals surface area contributed by atoms with Gasteiger partial charge in [-0.05, 0) is 30.4 Å². The smallest absolute Gasteiger partial charge is 0.130 e. The van der Waals surface area contributed by atoms with Crippen molar-refractivity contribution in [3.63, 3.8) is 0 Å². The first-order valence-electron chi connectivity index (χ1n) is 5.70. The molecule has 16 heavy (non-hydrogen) atoms. The molecule has 0 heterocycles. The second-order valence-electron chi connectivity index (χ2n) is 4.37. The minimum atomic E-state index is -1.12. The summed E-state index contributed by atoms with van der Waals surface area (Å²) in [4.78, 5) is 0. The van der Waals surface area contributed by atoms with Gasteiger partial charge in [-0.1, -0.05) is 44.2 Å². The molecule has 0 amide bonds. The molecule has 2 heteroatoms. The number of aliphatic hydroxyl groups is 1. The van der Waals surface area contributed by atoms with Crippen molar-refractivity contribution >= 4 is 0 Å². The summed E-state index contributed by atoms with van der Waals surface area (Å²) >= 11 is 0. The Labute approximate surface area is 96.6 Å². The molecule has 1 rings (SSSR count). The van der Waals surface area contributed by atoms with Crippen molar-refractivity contribution in [3.05, 3.63) is 47.8 Å². The van der Waals surface area contributed by atoms with Crippen LogP contribution in [-0.4, -0.2) is 5.11 Å². The topological polar surface area (TPSA) is 20.2 Å². The first-order valence-corrected chi connectivity index (χ1v) is 5.70. The minimum absolute atomic E-state index is 0.452. The Morgan fingerprint density at radius 1 is 1.31 bits per heavy atom. The number of aliphatic hydroxyl groups excluding tert-OH is 1. The van der Waals surface area contributed by atoms with E-state index in [2.05, 4.69) is 13.8 Å². The van der Waals surface area contributed by atoms with Gasteiger partial charge >= 0.3 is 0 Å². The van der Waals surface area contributed by atoms with Gasteiger partial charge in [0.2, 0.25) is 0 Å². The van der Waals surface area contributed by atoms with Crippen LogP contribution in [0.4, 0.5) is 4.39 Å². The summed E-state index contributed by atoms with van der Waals surface area (Å²) in [5.41, 5.74) is 0.598. The molecule has 0 aliphatic carbocycles. The number of rotatable bonds is 5. The van der Waals surface area contributed by atoms with Gasteiger partial charge in [0.05, 0.1) is 0 Å². The quantitative estimate of drug-likeness (QED) is 0.798. The zero-order valence-electron chi connectivity index (χ0n) is 9.86. The molecule has 1 N–H and O–H groups in total. The lowest BCUT2D eigenvalue weighted by Gasteiger charge is -2.08. The molecule has 0 fully saturated rings. The van der Waals surface area contributed by atoms with Crippen molar-refractivity contribution in [2.75, 3.05) is 0 Å². The third-order valence-corrected chi connectivity index (χ3v) is 2.46. The van der Waals surface area contributed by atoms with Crippen LogP contribution >= 0.6 is 0 Å². The van der Waals surface area contributed by atoms with Gasteiger partial charge in [-0.15, -0.1) is 0 Å². The van der Waals surface area contributed by atoms with Crippen LogP contribution in [0.1, 0.15) is 38.4 Å². The van der Waals surface area contributed by atoms with E-state index in [-0.39, 0.29) is 0 Å². The van der Waals surface area contributed by atoms with E-state index in [1.807, 2.05) is 6.07 Å². The third-order valence-electron chi connectivity index (χ3n) is 2.46. The first kappa shape index (κ1) is 12.9. The largest absolute Gasteiger partial charge is 0.381 e. The van der Waals surface area contributed by atoms with Gasteiger partial charge in [-0.3, -0.25) is 0 Å². The monoisotopic (exact) mass is 222 g/mol. The molecule has 0 spiro atoms. The fraction of sp³-hybridized carbons (Fsp3) is 0.429. The second kappa shape index (κ2) is 6.44. The van der Waals surface area contributed by atoms with E-state index < -0.39 is 11.9 Å². The van der Waals surface area contributed by atoms with E-state index in [1.54, 1.807) is 24.3 Å². The number of allylic oxidation sites excluding steroid dienone is 1. The fourth-order valence-corrected chi connectivity index (χ4v) is 1.46. The third kappa shape index (κ3) is 4.15. The van der Waals surface area contributed by atoms with Crippen LogP contribution in [0.3, 0.4) is 0 Å². The highest BCUT2D eigenvalue weighted by atomic mass is 19.1. The van der Waals surface area contributed by atoms with Crippen LogP contribution in [0.25, 0.3) is 0 Å². The second-order valence-corrected chi connectivity index (χ2v) is 4.37. The van der Waals surface area contributed by atoms with Crippen LogP contribution < -0.4 is 0 Å². The van der Waals surface area contributed by atoms with Gasteiger partial charge in [-0.2, -0.15) is 0 Å². The van der Waals surface area contributed by atoms with Gasteiger partial charge in [0.1, 0.15) is 11.9 Å². The molecule has 88 valence electrons. The zero-order chi connectivity index (χ0) is 12.0. The maximum Gasteiger partial charge on any atom is 0.130 e. The molecule has 0 radical (unpaired) electrons. The first-order chi connectivity index (χ1) is 7.61. The lowest BCUT2D eigenvalue weighted by molar-refractivity contribution is 0.185. The van der Waals surface area contributed by atoms with E-state index in [4.69, 9.17) is 0 Å². The average molecular weight is 222 g/mol. The molecule has 0 bridgehead atoms. The number of benzene rings is 1. The van der Waals surface area contributed by atoms with Crippen molar-refractivity contribution in [1.29, 1.82) is 0 Å². The summed E-state index contributed by atoms with van der Waals surface area (Å²) in [6.07, 6.45) is 1.98. The molecule has 0 aliphatic heterocycles. The number of hydrogen-bond donors (Lipinski definition) is 1. The summed E-state index contributed by atoms with van der Waals surface area (Å²) < 4.78 is 13.5. The zero-order valence-corrected chi connectivity index (χ0v) is 9.86. The van der Waals surface area contributed by atoms with Crippen LogP contribution in [0.15, 0.2) is 42.2 Å². The molecule has 0 saturated heterocycles. The summed E-state index contributed by atoms with van der Waals surface area (Å²) in [6, 6.07) is 8.87. The maximum absolute atomic E-state index is 13.5. The van der Waals surface area contributed by atoms with Crippen molar-refractivity contribution in [2.45, 2.75) is 32.8 Å². The van der Waals surface area contributed by atoms with Crippen molar-refractivity contribution < 1.29 is 9.50 Å². The highest BCUT2D eigenvalue weighted by molar-refractivity contribution is 5.23. The average Bonchev–Trinajstić information content (AvgIpc) is 2.28. The Bertz CT molecular complexity index is 330. The Morgan fingerprint density at radius 3 is 2.50 bits per heavy atom. The Balaban J connectivity index is 2.57. The van der Waals surface area contributed by atoms with E-state index >= 15 is 0 Å². The lowest BCUT2D eigenvalue weighted by Crippen LogP contribution is -1.97. The molecule has 0 aromatic heterocycles. The fourth-order valence-electron chi connectivity index (χ4n) is 1.46. The molecule has 1 aromatic rings. The predicted molar refractivity (Wildman–Crippen MR) is 64.7 cm³/mol. The summed E-state index contributed by atoms with van der Waals surface area (Å²) in [5, 5.41) is 9.71. The number of hydrogen-bond acceptors (Lipinski definition) is 1. The standard InChI is InChI=1S/C14H19FO/c1-11(2)7-6-10-13(15)14(16)12-8-4-3-5-9-12/h3-5,8-11,14,16H,6-7H2,1-2H3/b13-10-. The molecule has 1 atom stereocenters. The van der Waals surface area contributed by atoms with Gasteiger partial charge in [0, 0.05) is 0 Å². The maximum atomic E-state index is 13.5. The molecule has 0 saturated carbocycles. The normalized spacial score (nSPS) is 14.2. The summed E-state index contributed by atoms with van der Waals surface area (Å²) in [6.45, 7) is 4.19. The van der Waals surface area contributed by atoms with E-state index in [0.717, 1.165) is 6.42 Å². The Hall–Kier alpha value is -1.15. The van der Waals surface area contributed by atoms with Crippen LogP contribution in [-0.2, 0) is 0 Å². The number of halogens is 1. The van der Waals surface area contributed by atoms with Gasteiger partial charge in [0.25, 0.3) is 0 Å².